The van der Waals surface area contributed by atoms with Crippen LogP contribution < -0.4 is 11.3 Å². The SMILES string of the molecule is CC(C)(C)OCC(NN)C1=CCCCO1. The lowest BCUT2D eigenvalue weighted by Gasteiger charge is -2.27. The third kappa shape index (κ3) is 4.64. The topological polar surface area (TPSA) is 56.5 Å². The van der Waals surface area contributed by atoms with Crippen molar-refractivity contribution in [1.82, 2.24) is 5.43 Å². The van der Waals surface area contributed by atoms with Crippen molar-refractivity contribution in [3.8, 4) is 0 Å². The number of hydrazine groups is 1. The van der Waals surface area contributed by atoms with Crippen LogP contribution in [0.5, 0.6) is 0 Å². The lowest BCUT2D eigenvalue weighted by atomic mass is 10.1. The van der Waals surface area contributed by atoms with Crippen molar-refractivity contribution in [2.24, 2.45) is 5.84 Å². The highest BCUT2D eigenvalue weighted by atomic mass is 16.5. The standard InChI is InChI=1S/C11H22N2O2/c1-11(2,3)15-8-9(13-12)10-6-4-5-7-14-10/h6,9,13H,4-5,7-8,12H2,1-3H3. The van der Waals surface area contributed by atoms with Gasteiger partial charge in [0.1, 0.15) is 11.8 Å². The van der Waals surface area contributed by atoms with E-state index in [2.05, 4.69) is 11.5 Å². The highest BCUT2D eigenvalue weighted by Gasteiger charge is 2.20. The van der Waals surface area contributed by atoms with Crippen LogP contribution in [-0.2, 0) is 9.47 Å². The molecular formula is C11H22N2O2. The average molecular weight is 214 g/mol. The van der Waals surface area contributed by atoms with E-state index in [4.69, 9.17) is 15.3 Å². The van der Waals surface area contributed by atoms with Gasteiger partial charge < -0.3 is 9.47 Å². The van der Waals surface area contributed by atoms with Gasteiger partial charge in [-0.1, -0.05) is 0 Å². The molecule has 0 radical (unpaired) electrons. The Kier molecular flexibility index (Phi) is 4.57. The Balaban J connectivity index is 2.44. The van der Waals surface area contributed by atoms with Crippen LogP contribution in [0.2, 0.25) is 0 Å². The minimum Gasteiger partial charge on any atom is -0.496 e. The van der Waals surface area contributed by atoms with Crippen LogP contribution in [-0.4, -0.2) is 24.9 Å². The van der Waals surface area contributed by atoms with Gasteiger partial charge in [-0.15, -0.1) is 0 Å². The van der Waals surface area contributed by atoms with E-state index < -0.39 is 0 Å². The quantitative estimate of drug-likeness (QED) is 0.547. The maximum Gasteiger partial charge on any atom is 0.113 e. The second kappa shape index (κ2) is 5.49. The van der Waals surface area contributed by atoms with Gasteiger partial charge in [0.05, 0.1) is 18.8 Å². The summed E-state index contributed by atoms with van der Waals surface area (Å²) in [5.74, 6) is 6.39. The van der Waals surface area contributed by atoms with Crippen molar-refractivity contribution in [2.45, 2.75) is 45.3 Å². The monoisotopic (exact) mass is 214 g/mol. The highest BCUT2D eigenvalue weighted by molar-refractivity contribution is 5.05. The highest BCUT2D eigenvalue weighted by Crippen LogP contribution is 2.15. The summed E-state index contributed by atoms with van der Waals surface area (Å²) in [6.07, 6.45) is 4.23. The fourth-order valence-electron chi connectivity index (χ4n) is 1.37. The molecule has 0 aliphatic carbocycles. The van der Waals surface area contributed by atoms with Crippen LogP contribution in [0.15, 0.2) is 11.8 Å². The molecule has 0 aromatic rings. The molecule has 0 saturated heterocycles. The van der Waals surface area contributed by atoms with Crippen molar-refractivity contribution >= 4 is 0 Å². The molecule has 0 bridgehead atoms. The number of ether oxygens (including phenoxy) is 2. The molecule has 1 aliphatic heterocycles. The molecule has 0 saturated carbocycles. The zero-order chi connectivity index (χ0) is 11.3. The number of rotatable bonds is 4. The van der Waals surface area contributed by atoms with E-state index in [0.717, 1.165) is 25.2 Å². The van der Waals surface area contributed by atoms with Gasteiger partial charge in [-0.25, -0.2) is 5.43 Å². The minimum absolute atomic E-state index is 0.0375. The van der Waals surface area contributed by atoms with Crippen LogP contribution in [0.1, 0.15) is 33.6 Å². The summed E-state index contributed by atoms with van der Waals surface area (Å²) < 4.78 is 11.2. The van der Waals surface area contributed by atoms with Crippen molar-refractivity contribution < 1.29 is 9.47 Å². The molecule has 3 N–H and O–H groups in total. The van der Waals surface area contributed by atoms with Gasteiger partial charge >= 0.3 is 0 Å². The molecule has 1 atom stereocenters. The molecule has 1 aliphatic rings. The summed E-state index contributed by atoms with van der Waals surface area (Å²) in [6, 6.07) is -0.0375. The Morgan fingerprint density at radius 2 is 2.33 bits per heavy atom. The third-order valence-electron chi connectivity index (χ3n) is 2.19. The number of nitrogens with one attached hydrogen (secondary N) is 1. The third-order valence-corrected chi connectivity index (χ3v) is 2.19. The van der Waals surface area contributed by atoms with Gasteiger partial charge in [0.2, 0.25) is 0 Å². The average Bonchev–Trinajstić information content (AvgIpc) is 2.19. The molecule has 1 rings (SSSR count). The Morgan fingerprint density at radius 1 is 1.60 bits per heavy atom. The first-order valence-electron chi connectivity index (χ1n) is 5.46. The maximum absolute atomic E-state index is 5.67. The largest absolute Gasteiger partial charge is 0.496 e. The number of hydrogen-bond donors (Lipinski definition) is 2. The van der Waals surface area contributed by atoms with Gasteiger partial charge in [-0.3, -0.25) is 5.84 Å². The van der Waals surface area contributed by atoms with Gasteiger partial charge in [-0.2, -0.15) is 0 Å². The molecule has 15 heavy (non-hydrogen) atoms. The van der Waals surface area contributed by atoms with Gasteiger partial charge in [0.25, 0.3) is 0 Å². The van der Waals surface area contributed by atoms with Crippen LogP contribution in [0, 0.1) is 0 Å². The van der Waals surface area contributed by atoms with E-state index in [1.165, 1.54) is 0 Å². The summed E-state index contributed by atoms with van der Waals surface area (Å²) in [4.78, 5) is 0. The normalized spacial score (nSPS) is 19.3. The van der Waals surface area contributed by atoms with Gasteiger partial charge in [0.15, 0.2) is 0 Å². The van der Waals surface area contributed by atoms with E-state index >= 15 is 0 Å². The van der Waals surface area contributed by atoms with E-state index in [1.54, 1.807) is 0 Å². The minimum atomic E-state index is -0.148. The van der Waals surface area contributed by atoms with Gasteiger partial charge in [0, 0.05) is 0 Å². The zero-order valence-electron chi connectivity index (χ0n) is 9.88. The Morgan fingerprint density at radius 3 is 2.80 bits per heavy atom. The van der Waals surface area contributed by atoms with Crippen molar-refractivity contribution in [3.63, 3.8) is 0 Å². The smallest absolute Gasteiger partial charge is 0.113 e. The fraction of sp³-hybridized carbons (Fsp3) is 0.818. The van der Waals surface area contributed by atoms with E-state index in [-0.39, 0.29) is 11.6 Å². The molecule has 4 heteroatoms. The molecule has 88 valence electrons. The van der Waals surface area contributed by atoms with Crippen LogP contribution >= 0.6 is 0 Å². The molecule has 1 heterocycles. The lowest BCUT2D eigenvalue weighted by molar-refractivity contribution is -0.0179. The molecule has 4 nitrogen and oxygen atoms in total. The summed E-state index contributed by atoms with van der Waals surface area (Å²) >= 11 is 0. The Hall–Kier alpha value is -0.580. The summed E-state index contributed by atoms with van der Waals surface area (Å²) in [5.41, 5.74) is 2.58. The number of nitrogens with two attached hydrogens (primary N) is 1. The second-order valence-electron chi connectivity index (χ2n) is 4.74. The van der Waals surface area contributed by atoms with Crippen molar-refractivity contribution in [1.29, 1.82) is 0 Å². The van der Waals surface area contributed by atoms with Crippen LogP contribution in [0.4, 0.5) is 0 Å². The molecular weight excluding hydrogens is 192 g/mol. The molecule has 1 unspecified atom stereocenters. The first-order chi connectivity index (χ1) is 7.03. The van der Waals surface area contributed by atoms with Crippen molar-refractivity contribution in [3.05, 3.63) is 11.8 Å². The Labute approximate surface area is 91.8 Å². The molecule has 0 amide bonds. The van der Waals surface area contributed by atoms with Crippen LogP contribution in [0.25, 0.3) is 0 Å². The predicted octanol–water partition coefficient (Wildman–Crippen LogP) is 1.33. The zero-order valence-corrected chi connectivity index (χ0v) is 9.88. The second-order valence-corrected chi connectivity index (χ2v) is 4.74. The lowest BCUT2D eigenvalue weighted by Crippen LogP contribution is -2.43. The maximum atomic E-state index is 5.67. The van der Waals surface area contributed by atoms with Crippen molar-refractivity contribution in [2.75, 3.05) is 13.2 Å². The molecule has 0 spiro atoms. The number of hydrogen-bond acceptors (Lipinski definition) is 4. The summed E-state index contributed by atoms with van der Waals surface area (Å²) in [5, 5.41) is 0. The first-order valence-corrected chi connectivity index (χ1v) is 5.46. The fourth-order valence-corrected chi connectivity index (χ4v) is 1.37. The molecule has 0 aromatic carbocycles. The Bertz CT molecular complexity index is 221. The van der Waals surface area contributed by atoms with E-state index in [1.807, 2.05) is 20.8 Å². The van der Waals surface area contributed by atoms with E-state index in [0.29, 0.717) is 6.61 Å². The first kappa shape index (κ1) is 12.5. The predicted molar refractivity (Wildman–Crippen MR) is 60.1 cm³/mol. The molecule has 0 fully saturated rings. The van der Waals surface area contributed by atoms with Gasteiger partial charge in [-0.05, 0) is 39.7 Å². The molecule has 0 aromatic heterocycles. The summed E-state index contributed by atoms with van der Waals surface area (Å²) in [7, 11) is 0. The van der Waals surface area contributed by atoms with Crippen LogP contribution in [0.3, 0.4) is 0 Å². The summed E-state index contributed by atoms with van der Waals surface area (Å²) in [6.45, 7) is 7.38. The van der Waals surface area contributed by atoms with E-state index in [9.17, 15) is 0 Å². The number of allylic oxidation sites excluding steroid dienone is 1.